The maximum absolute atomic E-state index is 5.89. The van der Waals surface area contributed by atoms with Gasteiger partial charge in [-0.2, -0.15) is 0 Å². The van der Waals surface area contributed by atoms with Crippen LogP contribution in [0.1, 0.15) is 44.6 Å². The number of fused-ring (bicyclic) bond motifs is 2. The van der Waals surface area contributed by atoms with Gasteiger partial charge in [-0.3, -0.25) is 4.99 Å². The molecule has 1 aromatic rings. The van der Waals surface area contributed by atoms with E-state index in [9.17, 15) is 0 Å². The van der Waals surface area contributed by atoms with Crippen molar-refractivity contribution in [3.05, 3.63) is 29.8 Å². The Hall–Kier alpha value is -1.75. The van der Waals surface area contributed by atoms with Crippen LogP contribution in [0.2, 0.25) is 0 Å². The van der Waals surface area contributed by atoms with Gasteiger partial charge in [0.1, 0.15) is 5.75 Å². The number of rotatable bonds is 7. The fourth-order valence-electron chi connectivity index (χ4n) is 3.43. The Balaban J connectivity index is 1.47. The van der Waals surface area contributed by atoms with Gasteiger partial charge >= 0.3 is 0 Å². The van der Waals surface area contributed by atoms with Gasteiger partial charge in [0.15, 0.2) is 5.96 Å². The minimum atomic E-state index is 0.351. The zero-order valence-corrected chi connectivity index (χ0v) is 14.8. The first-order chi connectivity index (χ1) is 11.8. The smallest absolute Gasteiger partial charge is 0.191 e. The molecular formula is C19H29N3O2. The normalized spacial score (nSPS) is 25.8. The van der Waals surface area contributed by atoms with Crippen LogP contribution in [0.4, 0.5) is 0 Å². The Kier molecular flexibility index (Phi) is 5.96. The number of guanidine groups is 1. The third kappa shape index (κ3) is 4.41. The average molecular weight is 331 g/mol. The van der Waals surface area contributed by atoms with E-state index < -0.39 is 0 Å². The predicted molar refractivity (Wildman–Crippen MR) is 96.5 cm³/mol. The Bertz CT molecular complexity index is 561. The summed E-state index contributed by atoms with van der Waals surface area (Å²) in [5.41, 5.74) is 1.19. The molecule has 24 heavy (non-hydrogen) atoms. The van der Waals surface area contributed by atoms with E-state index >= 15 is 0 Å². The SMILES string of the molecule is CCCCOc1cccc(CNC(=NC)NC2CC3CCC2O3)c1. The Labute approximate surface area is 144 Å². The van der Waals surface area contributed by atoms with E-state index in [1.54, 1.807) is 0 Å². The zero-order valence-electron chi connectivity index (χ0n) is 14.8. The highest BCUT2D eigenvalue weighted by Crippen LogP contribution is 2.34. The summed E-state index contributed by atoms with van der Waals surface area (Å²) >= 11 is 0. The molecule has 0 aliphatic carbocycles. The molecule has 132 valence electrons. The zero-order chi connectivity index (χ0) is 16.8. The first-order valence-corrected chi connectivity index (χ1v) is 9.13. The number of benzene rings is 1. The molecule has 0 radical (unpaired) electrons. The Morgan fingerprint density at radius 1 is 1.38 bits per heavy atom. The molecule has 1 aromatic carbocycles. The fourth-order valence-corrected chi connectivity index (χ4v) is 3.43. The first-order valence-electron chi connectivity index (χ1n) is 9.13. The second kappa shape index (κ2) is 8.38. The van der Waals surface area contributed by atoms with Crippen molar-refractivity contribution < 1.29 is 9.47 Å². The highest BCUT2D eigenvalue weighted by Gasteiger charge is 2.41. The lowest BCUT2D eigenvalue weighted by atomic mass is 9.96. The number of nitrogens with zero attached hydrogens (tertiary/aromatic N) is 1. The fraction of sp³-hybridized carbons (Fsp3) is 0.632. The minimum absolute atomic E-state index is 0.351. The molecule has 0 amide bonds. The number of nitrogens with one attached hydrogen (secondary N) is 2. The van der Waals surface area contributed by atoms with Crippen molar-refractivity contribution in [3.63, 3.8) is 0 Å². The van der Waals surface area contributed by atoms with E-state index in [0.717, 1.165) is 50.5 Å². The van der Waals surface area contributed by atoms with Crippen molar-refractivity contribution in [1.29, 1.82) is 0 Å². The van der Waals surface area contributed by atoms with Crippen LogP contribution >= 0.6 is 0 Å². The highest BCUT2D eigenvalue weighted by atomic mass is 16.5. The summed E-state index contributed by atoms with van der Waals surface area (Å²) in [6.45, 7) is 3.68. The summed E-state index contributed by atoms with van der Waals surface area (Å²) in [6.07, 6.45) is 6.49. The first kappa shape index (κ1) is 17.1. The number of hydrogen-bond acceptors (Lipinski definition) is 3. The van der Waals surface area contributed by atoms with Crippen molar-refractivity contribution in [2.75, 3.05) is 13.7 Å². The quantitative estimate of drug-likeness (QED) is 0.458. The molecule has 3 atom stereocenters. The molecule has 2 aliphatic heterocycles. The molecule has 2 saturated heterocycles. The maximum atomic E-state index is 5.89. The molecule has 0 spiro atoms. The Morgan fingerprint density at radius 3 is 3.00 bits per heavy atom. The van der Waals surface area contributed by atoms with Gasteiger partial charge < -0.3 is 20.1 Å². The van der Waals surface area contributed by atoms with Crippen LogP contribution in [-0.2, 0) is 11.3 Å². The molecule has 2 bridgehead atoms. The third-order valence-corrected chi connectivity index (χ3v) is 4.78. The summed E-state index contributed by atoms with van der Waals surface area (Å²) in [5.74, 6) is 1.78. The predicted octanol–water partition coefficient (Wildman–Crippen LogP) is 2.85. The van der Waals surface area contributed by atoms with Gasteiger partial charge in [-0.1, -0.05) is 25.5 Å². The molecule has 0 saturated carbocycles. The number of ether oxygens (including phenoxy) is 2. The van der Waals surface area contributed by atoms with E-state index in [-0.39, 0.29) is 0 Å². The maximum Gasteiger partial charge on any atom is 0.191 e. The molecule has 2 fully saturated rings. The summed E-state index contributed by atoms with van der Waals surface area (Å²) in [7, 11) is 1.81. The summed E-state index contributed by atoms with van der Waals surface area (Å²) in [6, 6.07) is 8.64. The number of aliphatic imine (C=N–C) groups is 1. The van der Waals surface area contributed by atoms with Gasteiger partial charge in [0.05, 0.1) is 24.9 Å². The summed E-state index contributed by atoms with van der Waals surface area (Å²) in [4.78, 5) is 4.34. The summed E-state index contributed by atoms with van der Waals surface area (Å²) in [5, 5.41) is 6.90. The number of hydrogen-bond donors (Lipinski definition) is 2. The van der Waals surface area contributed by atoms with Crippen LogP contribution in [0, 0.1) is 0 Å². The van der Waals surface area contributed by atoms with Crippen molar-refractivity contribution >= 4 is 5.96 Å². The topological polar surface area (TPSA) is 54.9 Å². The lowest BCUT2D eigenvalue weighted by molar-refractivity contribution is 0.0992. The molecule has 5 heteroatoms. The van der Waals surface area contributed by atoms with Crippen LogP contribution in [0.15, 0.2) is 29.3 Å². The highest BCUT2D eigenvalue weighted by molar-refractivity contribution is 5.80. The van der Waals surface area contributed by atoms with Gasteiger partial charge in [0.2, 0.25) is 0 Å². The lowest BCUT2D eigenvalue weighted by Crippen LogP contribution is -2.47. The molecule has 2 N–H and O–H groups in total. The standard InChI is InChI=1S/C19H29N3O2/c1-3-4-10-23-15-7-5-6-14(11-15)13-21-19(20-2)22-17-12-16-8-9-18(17)24-16/h5-7,11,16-18H,3-4,8-10,12-13H2,1-2H3,(H2,20,21,22). The lowest BCUT2D eigenvalue weighted by Gasteiger charge is -2.22. The molecule has 2 aliphatic rings. The van der Waals surface area contributed by atoms with Crippen molar-refractivity contribution in [2.24, 2.45) is 4.99 Å². The van der Waals surface area contributed by atoms with E-state index in [4.69, 9.17) is 9.47 Å². The molecule has 5 nitrogen and oxygen atoms in total. The number of unbranched alkanes of at least 4 members (excludes halogenated alkanes) is 1. The van der Waals surface area contributed by atoms with E-state index in [1.165, 1.54) is 12.0 Å². The van der Waals surface area contributed by atoms with Gasteiger partial charge in [0.25, 0.3) is 0 Å². The van der Waals surface area contributed by atoms with Gasteiger partial charge in [-0.15, -0.1) is 0 Å². The average Bonchev–Trinajstić information content (AvgIpc) is 3.22. The van der Waals surface area contributed by atoms with Crippen LogP contribution in [0.5, 0.6) is 5.75 Å². The van der Waals surface area contributed by atoms with Crippen LogP contribution in [-0.4, -0.2) is 37.9 Å². The molecule has 0 aromatic heterocycles. The third-order valence-electron chi connectivity index (χ3n) is 4.78. The van der Waals surface area contributed by atoms with E-state index in [2.05, 4.69) is 34.7 Å². The molecule has 3 unspecified atom stereocenters. The van der Waals surface area contributed by atoms with Gasteiger partial charge in [0, 0.05) is 13.6 Å². The van der Waals surface area contributed by atoms with Crippen molar-refractivity contribution in [2.45, 2.75) is 63.8 Å². The van der Waals surface area contributed by atoms with Gasteiger partial charge in [-0.25, -0.2) is 0 Å². The van der Waals surface area contributed by atoms with E-state index in [0.29, 0.717) is 18.2 Å². The largest absolute Gasteiger partial charge is 0.494 e. The van der Waals surface area contributed by atoms with Crippen LogP contribution in [0.3, 0.4) is 0 Å². The second-order valence-electron chi connectivity index (χ2n) is 6.64. The monoisotopic (exact) mass is 331 g/mol. The van der Waals surface area contributed by atoms with Crippen LogP contribution < -0.4 is 15.4 Å². The molecule has 3 rings (SSSR count). The van der Waals surface area contributed by atoms with Crippen molar-refractivity contribution in [3.8, 4) is 5.75 Å². The summed E-state index contributed by atoms with van der Waals surface area (Å²) < 4.78 is 11.7. The van der Waals surface area contributed by atoms with Crippen molar-refractivity contribution in [1.82, 2.24) is 10.6 Å². The molecular weight excluding hydrogens is 302 g/mol. The minimum Gasteiger partial charge on any atom is -0.494 e. The Morgan fingerprint density at radius 2 is 2.29 bits per heavy atom. The second-order valence-corrected chi connectivity index (χ2v) is 6.64. The van der Waals surface area contributed by atoms with Gasteiger partial charge in [-0.05, 0) is 43.4 Å². The van der Waals surface area contributed by atoms with Crippen LogP contribution in [0.25, 0.3) is 0 Å². The molecule has 2 heterocycles. The van der Waals surface area contributed by atoms with E-state index in [1.807, 2.05) is 19.2 Å².